The molecule has 1 aliphatic rings. The number of likely N-dealkylation sites (N-methyl/N-ethyl adjacent to an activating group) is 1. The van der Waals surface area contributed by atoms with Crippen molar-refractivity contribution in [2.24, 2.45) is 0 Å². The van der Waals surface area contributed by atoms with Gasteiger partial charge in [-0.2, -0.15) is 5.26 Å². The van der Waals surface area contributed by atoms with Crippen LogP contribution in [0.5, 0.6) is 0 Å². The van der Waals surface area contributed by atoms with Crippen molar-refractivity contribution in [3.05, 3.63) is 0 Å². The highest BCUT2D eigenvalue weighted by atomic mass is 15.2. The monoisotopic (exact) mass is 195 g/mol. The lowest BCUT2D eigenvalue weighted by atomic mass is 10.0. The zero-order chi connectivity index (χ0) is 10.4. The van der Waals surface area contributed by atoms with E-state index in [0.717, 1.165) is 13.0 Å². The summed E-state index contributed by atoms with van der Waals surface area (Å²) in [4.78, 5) is 4.81. The Hall–Kier alpha value is -0.590. The van der Waals surface area contributed by atoms with Crippen LogP contribution in [0.4, 0.5) is 0 Å². The molecule has 1 heterocycles. The topological polar surface area (TPSA) is 30.3 Å². The summed E-state index contributed by atoms with van der Waals surface area (Å²) in [5, 5.41) is 8.46. The second-order valence-corrected chi connectivity index (χ2v) is 4.32. The number of nitriles is 1. The maximum Gasteiger partial charge on any atom is 0.0622 e. The van der Waals surface area contributed by atoms with E-state index in [1.54, 1.807) is 0 Å². The van der Waals surface area contributed by atoms with Gasteiger partial charge in [-0.1, -0.05) is 0 Å². The van der Waals surface area contributed by atoms with Gasteiger partial charge >= 0.3 is 0 Å². The molecular weight excluding hydrogens is 174 g/mol. The van der Waals surface area contributed by atoms with Gasteiger partial charge in [-0.25, -0.2) is 0 Å². The van der Waals surface area contributed by atoms with Crippen molar-refractivity contribution in [1.82, 2.24) is 9.80 Å². The quantitative estimate of drug-likeness (QED) is 0.634. The van der Waals surface area contributed by atoms with Gasteiger partial charge in [0.2, 0.25) is 0 Å². The predicted molar refractivity (Wildman–Crippen MR) is 58.0 cm³/mol. The third-order valence-corrected chi connectivity index (χ3v) is 2.97. The van der Waals surface area contributed by atoms with E-state index >= 15 is 0 Å². The number of rotatable bonds is 4. The van der Waals surface area contributed by atoms with Gasteiger partial charge in [-0.05, 0) is 46.4 Å². The summed E-state index contributed by atoms with van der Waals surface area (Å²) in [6.45, 7) is 3.49. The van der Waals surface area contributed by atoms with Crippen molar-refractivity contribution in [3.63, 3.8) is 0 Å². The third-order valence-electron chi connectivity index (χ3n) is 2.97. The second-order valence-electron chi connectivity index (χ2n) is 4.32. The number of nitrogens with zero attached hydrogens (tertiary/aromatic N) is 3. The van der Waals surface area contributed by atoms with Crippen LogP contribution in [0.2, 0.25) is 0 Å². The molecule has 1 atom stereocenters. The predicted octanol–water partition coefficient (Wildman–Crippen LogP) is 1.32. The van der Waals surface area contributed by atoms with Crippen molar-refractivity contribution in [2.75, 3.05) is 33.7 Å². The Bertz CT molecular complexity index is 195. The minimum atomic E-state index is 0.698. The molecule has 0 bridgehead atoms. The molecule has 0 N–H and O–H groups in total. The zero-order valence-electron chi connectivity index (χ0n) is 9.37. The van der Waals surface area contributed by atoms with E-state index in [4.69, 9.17) is 5.26 Å². The first kappa shape index (κ1) is 11.5. The van der Waals surface area contributed by atoms with Gasteiger partial charge < -0.3 is 9.80 Å². The molecule has 1 aliphatic heterocycles. The molecule has 1 rings (SSSR count). The molecule has 0 radical (unpaired) electrons. The molecule has 14 heavy (non-hydrogen) atoms. The van der Waals surface area contributed by atoms with E-state index < -0.39 is 0 Å². The molecule has 0 spiro atoms. The normalized spacial score (nSPS) is 23.7. The third kappa shape index (κ3) is 3.65. The fraction of sp³-hybridized carbons (Fsp3) is 0.909. The first-order chi connectivity index (χ1) is 6.74. The van der Waals surface area contributed by atoms with E-state index in [1.165, 1.54) is 25.9 Å². The maximum atomic E-state index is 8.46. The van der Waals surface area contributed by atoms with Gasteiger partial charge in [0.15, 0.2) is 0 Å². The molecule has 0 saturated carbocycles. The summed E-state index contributed by atoms with van der Waals surface area (Å²) < 4.78 is 0. The molecule has 0 amide bonds. The summed E-state index contributed by atoms with van der Waals surface area (Å²) in [6, 6.07) is 2.92. The Kier molecular flexibility index (Phi) is 4.92. The Morgan fingerprint density at radius 2 is 2.29 bits per heavy atom. The molecule has 3 heteroatoms. The second kappa shape index (κ2) is 6.00. The summed E-state index contributed by atoms with van der Waals surface area (Å²) in [6.07, 6.45) is 4.34. The average Bonchev–Trinajstić information content (AvgIpc) is 2.19. The van der Waals surface area contributed by atoms with Crippen molar-refractivity contribution < 1.29 is 0 Å². The molecule has 0 aromatic heterocycles. The van der Waals surface area contributed by atoms with Crippen LogP contribution in [0.1, 0.15) is 25.7 Å². The van der Waals surface area contributed by atoms with Gasteiger partial charge in [0.05, 0.1) is 6.07 Å². The van der Waals surface area contributed by atoms with Crippen LogP contribution in [0.25, 0.3) is 0 Å². The van der Waals surface area contributed by atoms with Crippen molar-refractivity contribution in [2.45, 2.75) is 31.7 Å². The standard InChI is InChI=1S/C11H21N3/c1-13(2)11-6-5-9-14(10-11)8-4-3-7-12/h11H,3-6,8-10H2,1-2H3. The van der Waals surface area contributed by atoms with Crippen LogP contribution < -0.4 is 0 Å². The van der Waals surface area contributed by atoms with Crippen molar-refractivity contribution in [1.29, 1.82) is 5.26 Å². The van der Waals surface area contributed by atoms with E-state index in [2.05, 4.69) is 30.0 Å². The van der Waals surface area contributed by atoms with Crippen LogP contribution in [0.15, 0.2) is 0 Å². The summed E-state index contributed by atoms with van der Waals surface area (Å²) >= 11 is 0. The molecule has 0 aromatic carbocycles. The Labute approximate surface area is 87.3 Å². The first-order valence-corrected chi connectivity index (χ1v) is 5.49. The SMILES string of the molecule is CN(C)C1CCCN(CCCC#N)C1. The zero-order valence-corrected chi connectivity index (χ0v) is 9.37. The molecule has 80 valence electrons. The summed E-state index contributed by atoms with van der Waals surface area (Å²) in [5.41, 5.74) is 0. The minimum Gasteiger partial charge on any atom is -0.305 e. The first-order valence-electron chi connectivity index (χ1n) is 5.49. The van der Waals surface area contributed by atoms with E-state index in [9.17, 15) is 0 Å². The van der Waals surface area contributed by atoms with Crippen LogP contribution >= 0.6 is 0 Å². The molecule has 3 nitrogen and oxygen atoms in total. The van der Waals surface area contributed by atoms with Crippen molar-refractivity contribution >= 4 is 0 Å². The molecule has 1 unspecified atom stereocenters. The fourth-order valence-corrected chi connectivity index (χ4v) is 2.04. The molecule has 0 aromatic rings. The number of hydrogen-bond acceptors (Lipinski definition) is 3. The van der Waals surface area contributed by atoms with E-state index in [-0.39, 0.29) is 0 Å². The smallest absolute Gasteiger partial charge is 0.0622 e. The maximum absolute atomic E-state index is 8.46. The van der Waals surface area contributed by atoms with Crippen LogP contribution in [-0.2, 0) is 0 Å². The van der Waals surface area contributed by atoms with Gasteiger partial charge in [0.25, 0.3) is 0 Å². The number of piperidine rings is 1. The molecule has 1 fully saturated rings. The summed E-state index contributed by atoms with van der Waals surface area (Å²) in [5.74, 6) is 0. The highest BCUT2D eigenvalue weighted by Crippen LogP contribution is 2.13. The lowest BCUT2D eigenvalue weighted by Crippen LogP contribution is -2.45. The molecular formula is C11H21N3. The molecule has 0 aliphatic carbocycles. The van der Waals surface area contributed by atoms with Crippen LogP contribution in [0, 0.1) is 11.3 Å². The summed E-state index contributed by atoms with van der Waals surface area (Å²) in [7, 11) is 4.31. The highest BCUT2D eigenvalue weighted by Gasteiger charge is 2.20. The number of hydrogen-bond donors (Lipinski definition) is 0. The largest absolute Gasteiger partial charge is 0.305 e. The number of unbranched alkanes of at least 4 members (excludes halogenated alkanes) is 1. The van der Waals surface area contributed by atoms with Gasteiger partial charge in [-0.15, -0.1) is 0 Å². The Morgan fingerprint density at radius 1 is 1.50 bits per heavy atom. The minimum absolute atomic E-state index is 0.698. The Balaban J connectivity index is 2.23. The van der Waals surface area contributed by atoms with Crippen LogP contribution in [0.3, 0.4) is 0 Å². The van der Waals surface area contributed by atoms with Gasteiger partial charge in [0.1, 0.15) is 0 Å². The van der Waals surface area contributed by atoms with E-state index in [0.29, 0.717) is 12.5 Å². The van der Waals surface area contributed by atoms with Gasteiger partial charge in [-0.3, -0.25) is 0 Å². The average molecular weight is 195 g/mol. The van der Waals surface area contributed by atoms with Crippen LogP contribution in [-0.4, -0.2) is 49.6 Å². The Morgan fingerprint density at radius 3 is 2.93 bits per heavy atom. The van der Waals surface area contributed by atoms with Crippen molar-refractivity contribution in [3.8, 4) is 6.07 Å². The lowest BCUT2D eigenvalue weighted by Gasteiger charge is -2.36. The lowest BCUT2D eigenvalue weighted by molar-refractivity contribution is 0.132. The van der Waals surface area contributed by atoms with Gasteiger partial charge in [0, 0.05) is 19.0 Å². The van der Waals surface area contributed by atoms with E-state index in [1.807, 2.05) is 0 Å². The fourth-order valence-electron chi connectivity index (χ4n) is 2.04. The highest BCUT2D eigenvalue weighted by molar-refractivity contribution is 4.78. The number of likely N-dealkylation sites (tertiary alicyclic amines) is 1. The molecule has 1 saturated heterocycles.